The maximum absolute atomic E-state index is 12.2. The molecule has 0 aliphatic heterocycles. The molecule has 0 aliphatic rings. The predicted octanol–water partition coefficient (Wildman–Crippen LogP) is 3.19. The van der Waals surface area contributed by atoms with E-state index >= 15 is 0 Å². The van der Waals surface area contributed by atoms with E-state index in [2.05, 4.69) is 0 Å². The number of ketones is 1. The van der Waals surface area contributed by atoms with Gasteiger partial charge in [0.1, 0.15) is 5.92 Å². The first-order chi connectivity index (χ1) is 9.65. The van der Waals surface area contributed by atoms with Gasteiger partial charge in [-0.25, -0.2) is 0 Å². The van der Waals surface area contributed by atoms with Gasteiger partial charge >= 0.3 is 5.97 Å². The summed E-state index contributed by atoms with van der Waals surface area (Å²) in [4.78, 5) is 23.9. The molecule has 0 bridgehead atoms. The number of methoxy groups -OCH3 is 1. The van der Waals surface area contributed by atoms with Gasteiger partial charge in [0.2, 0.25) is 0 Å². The Bertz CT molecular complexity index is 617. The van der Waals surface area contributed by atoms with Gasteiger partial charge < -0.3 is 4.74 Å². The van der Waals surface area contributed by atoms with Crippen LogP contribution in [0.15, 0.2) is 54.6 Å². The molecule has 0 saturated heterocycles. The van der Waals surface area contributed by atoms with Crippen LogP contribution in [0.5, 0.6) is 0 Å². The van der Waals surface area contributed by atoms with E-state index in [1.165, 1.54) is 14.0 Å². The molecule has 20 heavy (non-hydrogen) atoms. The lowest BCUT2D eigenvalue weighted by atomic mass is 9.87. The van der Waals surface area contributed by atoms with Crippen molar-refractivity contribution in [3.63, 3.8) is 0 Å². The highest BCUT2D eigenvalue weighted by Gasteiger charge is 2.26. The van der Waals surface area contributed by atoms with E-state index in [1.807, 2.05) is 36.4 Å². The van der Waals surface area contributed by atoms with Crippen LogP contribution < -0.4 is 0 Å². The molecule has 0 heterocycles. The Morgan fingerprint density at radius 3 is 2.15 bits per heavy atom. The monoisotopic (exact) mass is 268 g/mol. The Morgan fingerprint density at radius 2 is 1.55 bits per heavy atom. The van der Waals surface area contributed by atoms with E-state index in [9.17, 15) is 9.59 Å². The quantitative estimate of drug-likeness (QED) is 0.631. The van der Waals surface area contributed by atoms with Gasteiger partial charge in [-0.15, -0.1) is 0 Å². The van der Waals surface area contributed by atoms with Gasteiger partial charge in [0.25, 0.3) is 0 Å². The number of carbonyl (C=O) groups excluding carboxylic acids is 2. The topological polar surface area (TPSA) is 43.4 Å². The summed E-state index contributed by atoms with van der Waals surface area (Å²) in [6, 6.07) is 16.5. The Morgan fingerprint density at radius 1 is 0.950 bits per heavy atom. The highest BCUT2D eigenvalue weighted by Crippen LogP contribution is 2.28. The van der Waals surface area contributed by atoms with Crippen LogP contribution in [-0.2, 0) is 9.53 Å². The Balaban J connectivity index is 2.59. The van der Waals surface area contributed by atoms with Gasteiger partial charge in [-0.05, 0) is 18.1 Å². The lowest BCUT2D eigenvalue weighted by Gasteiger charge is -2.18. The van der Waals surface area contributed by atoms with Crippen LogP contribution in [0.3, 0.4) is 0 Å². The molecule has 0 radical (unpaired) electrons. The maximum atomic E-state index is 12.2. The van der Waals surface area contributed by atoms with Crippen LogP contribution in [0, 0.1) is 0 Å². The van der Waals surface area contributed by atoms with Crippen molar-refractivity contribution >= 4 is 11.8 Å². The molecule has 1 atom stereocenters. The molecule has 0 amide bonds. The van der Waals surface area contributed by atoms with Crippen LogP contribution in [-0.4, -0.2) is 18.9 Å². The van der Waals surface area contributed by atoms with Crippen molar-refractivity contribution in [3.05, 3.63) is 71.3 Å². The molecule has 0 saturated carbocycles. The summed E-state index contributed by atoms with van der Waals surface area (Å²) in [7, 11) is 1.36. The SMILES string of the molecule is COC(=O)C(c1ccccc1)c1ccccc1C(C)=O. The largest absolute Gasteiger partial charge is 0.468 e. The molecule has 2 rings (SSSR count). The second kappa shape index (κ2) is 6.15. The van der Waals surface area contributed by atoms with Crippen molar-refractivity contribution in [1.29, 1.82) is 0 Å². The summed E-state index contributed by atoms with van der Waals surface area (Å²) >= 11 is 0. The summed E-state index contributed by atoms with van der Waals surface area (Å²) < 4.78 is 4.91. The van der Waals surface area contributed by atoms with E-state index in [1.54, 1.807) is 18.2 Å². The van der Waals surface area contributed by atoms with E-state index in [-0.39, 0.29) is 11.8 Å². The minimum Gasteiger partial charge on any atom is -0.468 e. The minimum absolute atomic E-state index is 0.0644. The number of hydrogen-bond donors (Lipinski definition) is 0. The average Bonchev–Trinajstić information content (AvgIpc) is 2.48. The third-order valence-electron chi connectivity index (χ3n) is 3.22. The molecule has 0 N–H and O–H groups in total. The Hall–Kier alpha value is -2.42. The molecular weight excluding hydrogens is 252 g/mol. The van der Waals surface area contributed by atoms with Gasteiger partial charge in [-0.3, -0.25) is 9.59 Å². The van der Waals surface area contributed by atoms with Crippen molar-refractivity contribution < 1.29 is 14.3 Å². The van der Waals surface area contributed by atoms with E-state index in [0.29, 0.717) is 11.1 Å². The zero-order valence-corrected chi connectivity index (χ0v) is 11.5. The zero-order chi connectivity index (χ0) is 14.5. The molecular formula is C17H16O3. The first-order valence-electron chi connectivity index (χ1n) is 6.37. The third kappa shape index (κ3) is 2.77. The molecule has 0 aromatic heterocycles. The van der Waals surface area contributed by atoms with E-state index in [0.717, 1.165) is 5.56 Å². The Kier molecular flexibility index (Phi) is 4.31. The van der Waals surface area contributed by atoms with Gasteiger partial charge in [0, 0.05) is 5.56 Å². The molecule has 3 nitrogen and oxygen atoms in total. The van der Waals surface area contributed by atoms with E-state index in [4.69, 9.17) is 4.74 Å². The van der Waals surface area contributed by atoms with Crippen molar-refractivity contribution in [2.75, 3.05) is 7.11 Å². The summed E-state index contributed by atoms with van der Waals surface area (Å²) in [6.07, 6.45) is 0. The average molecular weight is 268 g/mol. The fourth-order valence-electron chi connectivity index (χ4n) is 2.28. The number of hydrogen-bond acceptors (Lipinski definition) is 3. The van der Waals surface area contributed by atoms with Crippen molar-refractivity contribution in [2.45, 2.75) is 12.8 Å². The minimum atomic E-state index is -0.582. The number of benzene rings is 2. The molecule has 0 aliphatic carbocycles. The Labute approximate surface area is 118 Å². The molecule has 3 heteroatoms. The van der Waals surface area contributed by atoms with Gasteiger partial charge in [-0.2, -0.15) is 0 Å². The highest BCUT2D eigenvalue weighted by atomic mass is 16.5. The van der Waals surface area contributed by atoms with E-state index < -0.39 is 5.92 Å². The number of rotatable bonds is 4. The smallest absolute Gasteiger partial charge is 0.317 e. The molecule has 2 aromatic rings. The van der Waals surface area contributed by atoms with Crippen LogP contribution in [0.1, 0.15) is 34.3 Å². The predicted molar refractivity (Wildman–Crippen MR) is 76.7 cm³/mol. The van der Waals surface area contributed by atoms with Crippen molar-refractivity contribution in [1.82, 2.24) is 0 Å². The number of carbonyl (C=O) groups is 2. The molecule has 0 fully saturated rings. The summed E-state index contributed by atoms with van der Waals surface area (Å²) in [5.41, 5.74) is 2.04. The molecule has 2 aromatic carbocycles. The van der Waals surface area contributed by atoms with Crippen molar-refractivity contribution in [2.24, 2.45) is 0 Å². The second-order valence-electron chi connectivity index (χ2n) is 4.51. The van der Waals surface area contributed by atoms with Crippen LogP contribution in [0.25, 0.3) is 0 Å². The molecule has 1 unspecified atom stereocenters. The normalized spacial score (nSPS) is 11.7. The summed E-state index contributed by atoms with van der Waals surface area (Å²) in [6.45, 7) is 1.50. The standard InChI is InChI=1S/C17H16O3/c1-12(18)14-10-6-7-11-15(14)16(17(19)20-2)13-8-4-3-5-9-13/h3-11,16H,1-2H3. The number of Topliss-reactive ketones (excluding diaryl/α,β-unsaturated/α-hetero) is 1. The fourth-order valence-corrected chi connectivity index (χ4v) is 2.28. The molecule has 102 valence electrons. The maximum Gasteiger partial charge on any atom is 0.317 e. The summed E-state index contributed by atoms with van der Waals surface area (Å²) in [5, 5.41) is 0. The number of esters is 1. The second-order valence-corrected chi connectivity index (χ2v) is 4.51. The van der Waals surface area contributed by atoms with Gasteiger partial charge in [-0.1, -0.05) is 54.6 Å². The number of ether oxygens (including phenoxy) is 1. The van der Waals surface area contributed by atoms with Gasteiger partial charge in [0.15, 0.2) is 5.78 Å². The van der Waals surface area contributed by atoms with Crippen LogP contribution >= 0.6 is 0 Å². The lowest BCUT2D eigenvalue weighted by molar-refractivity contribution is -0.141. The third-order valence-corrected chi connectivity index (χ3v) is 3.22. The first kappa shape index (κ1) is 14.0. The first-order valence-corrected chi connectivity index (χ1v) is 6.37. The fraction of sp³-hybridized carbons (Fsp3) is 0.176. The molecule has 0 spiro atoms. The summed E-state index contributed by atoms with van der Waals surface area (Å²) in [5.74, 6) is -1.02. The zero-order valence-electron chi connectivity index (χ0n) is 11.5. The van der Waals surface area contributed by atoms with Crippen LogP contribution in [0.4, 0.5) is 0 Å². The van der Waals surface area contributed by atoms with Gasteiger partial charge in [0.05, 0.1) is 7.11 Å². The lowest BCUT2D eigenvalue weighted by Crippen LogP contribution is -2.18. The van der Waals surface area contributed by atoms with Crippen LogP contribution in [0.2, 0.25) is 0 Å². The highest BCUT2D eigenvalue weighted by molar-refractivity contribution is 5.98. The van der Waals surface area contributed by atoms with Crippen molar-refractivity contribution in [3.8, 4) is 0 Å².